The van der Waals surface area contributed by atoms with E-state index in [2.05, 4.69) is 14.8 Å². The number of hydrogen-bond acceptors (Lipinski definition) is 11. The molecule has 7 rings (SSSR count). The molecule has 0 aliphatic carbocycles. The molecule has 0 radical (unpaired) electrons. The number of nitrogens with zero attached hydrogens (tertiary/aromatic N) is 2. The number of likely N-dealkylation sites (N-methyl/N-ethyl adjacent to an activating group) is 1. The van der Waals surface area contributed by atoms with Gasteiger partial charge in [-0.05, 0) is 81.7 Å². The second kappa shape index (κ2) is 17.3. The lowest BCUT2D eigenvalue weighted by atomic mass is 9.81. The second-order valence-electron chi connectivity index (χ2n) is 13.2. The number of esters is 2. The number of nitrogens with one attached hydrogen (secondary N) is 1. The maximum atomic E-state index is 14.0. The van der Waals surface area contributed by atoms with Crippen LogP contribution in [-0.2, 0) is 26.2 Å². The van der Waals surface area contributed by atoms with Gasteiger partial charge in [0.05, 0.1) is 14.2 Å². The van der Waals surface area contributed by atoms with E-state index < -0.39 is 17.7 Å². The van der Waals surface area contributed by atoms with Crippen LogP contribution in [0.1, 0.15) is 51.7 Å². The van der Waals surface area contributed by atoms with Crippen LogP contribution in [0.2, 0.25) is 10.0 Å². The molecule has 4 aromatic rings. The van der Waals surface area contributed by atoms with Crippen molar-refractivity contribution in [1.29, 1.82) is 0 Å². The largest absolute Gasteiger partial charge is 0.870 e. The van der Waals surface area contributed by atoms with Crippen LogP contribution in [-0.4, -0.2) is 80.8 Å². The van der Waals surface area contributed by atoms with Gasteiger partial charge >= 0.3 is 11.9 Å². The molecule has 3 saturated heterocycles. The lowest BCUT2D eigenvalue weighted by Gasteiger charge is -2.45. The number of thiophene rings is 1. The summed E-state index contributed by atoms with van der Waals surface area (Å²) in [5, 5.41) is 0.418. The zero-order valence-electron chi connectivity index (χ0n) is 29.5. The molecule has 52 heavy (non-hydrogen) atoms. The van der Waals surface area contributed by atoms with Crippen molar-refractivity contribution < 1.29 is 43.7 Å². The zero-order chi connectivity index (χ0) is 36.1. The Morgan fingerprint density at radius 1 is 1.00 bits per heavy atom. The summed E-state index contributed by atoms with van der Waals surface area (Å²) in [6.07, 6.45) is 3.85. The van der Waals surface area contributed by atoms with Gasteiger partial charge in [-0.3, -0.25) is 14.6 Å². The monoisotopic (exact) mass is 771 g/mol. The van der Waals surface area contributed by atoms with Gasteiger partial charge in [0, 0.05) is 30.1 Å². The number of pyridine rings is 1. The second-order valence-corrected chi connectivity index (χ2v) is 15.2. The van der Waals surface area contributed by atoms with Crippen molar-refractivity contribution in [3.63, 3.8) is 0 Å². The third kappa shape index (κ3) is 8.82. The first kappa shape index (κ1) is 39.3. The molecule has 5 heterocycles. The van der Waals surface area contributed by atoms with Crippen LogP contribution in [0.15, 0.2) is 73.1 Å². The number of carbonyl (C=O) groups excluding carboxylic acids is 2. The number of halogens is 2. The Kier molecular flexibility index (Phi) is 13.1. The Hall–Kier alpha value is -3.91. The summed E-state index contributed by atoms with van der Waals surface area (Å²) >= 11 is 14.1. The molecular formula is C38H43Cl2N3O8S. The summed E-state index contributed by atoms with van der Waals surface area (Å²) in [4.78, 5) is 36.2. The molecule has 2 aromatic carbocycles. The van der Waals surface area contributed by atoms with Gasteiger partial charge < -0.3 is 29.2 Å². The van der Waals surface area contributed by atoms with Gasteiger partial charge in [-0.15, -0.1) is 11.3 Å². The molecule has 11 nitrogen and oxygen atoms in total. The summed E-state index contributed by atoms with van der Waals surface area (Å²) in [6, 6.07) is 18.5. The van der Waals surface area contributed by atoms with Crippen LogP contribution in [0.25, 0.3) is 0 Å². The fourth-order valence-corrected chi connectivity index (χ4v) is 8.23. The van der Waals surface area contributed by atoms with Gasteiger partial charge in [-0.2, -0.15) is 0 Å². The van der Waals surface area contributed by atoms with Crippen molar-refractivity contribution in [3.8, 4) is 17.2 Å². The van der Waals surface area contributed by atoms with E-state index in [0.29, 0.717) is 40.9 Å². The number of aromatic amines is 1. The molecule has 14 heteroatoms. The van der Waals surface area contributed by atoms with Gasteiger partial charge in [0.25, 0.3) is 6.29 Å². The number of aromatic nitrogens is 1. The molecule has 3 aliphatic heterocycles. The van der Waals surface area contributed by atoms with Gasteiger partial charge in [0.15, 0.2) is 29.6 Å². The van der Waals surface area contributed by atoms with Crippen LogP contribution >= 0.6 is 34.5 Å². The number of methoxy groups -OCH3 is 2. The Balaban J connectivity index is 0.00000523. The first-order valence-corrected chi connectivity index (χ1v) is 18.4. The van der Waals surface area contributed by atoms with E-state index in [1.807, 2.05) is 50.4 Å². The molecule has 2 aromatic heterocycles. The molecule has 0 saturated carbocycles. The quantitative estimate of drug-likeness (QED) is 0.101. The highest BCUT2D eigenvalue weighted by Gasteiger charge is 2.43. The highest BCUT2D eigenvalue weighted by molar-refractivity contribution is 7.13. The van der Waals surface area contributed by atoms with Crippen LogP contribution in [0.3, 0.4) is 0 Å². The molecule has 2 bridgehead atoms. The lowest BCUT2D eigenvalue weighted by Crippen LogP contribution is -2.54. The van der Waals surface area contributed by atoms with Crippen molar-refractivity contribution in [2.45, 2.75) is 44.1 Å². The summed E-state index contributed by atoms with van der Waals surface area (Å²) in [5.74, 6) is 0.671. The standard InChI is InChI=1S/C38H41Cl2N3O7S.H2O/c1-38(26-8-6-5-7-9-26,37(45)48-32-22-43-16-14-24(32)15-17-43)23-42(2)21-27-11-13-33(51-27)35(44)50-36(49-34-28(39)19-41-20-29(34)40)25-10-12-30(46-3)31(18-25)47-4;/h5-13,18-20,24,32,36H,14-17,21-23H2,1-4H3;1H2/t32-,36+,38?;/m0./s1. The summed E-state index contributed by atoms with van der Waals surface area (Å²) < 4.78 is 29.2. The Morgan fingerprint density at radius 2 is 1.69 bits per heavy atom. The van der Waals surface area contributed by atoms with E-state index in [1.165, 1.54) is 38.0 Å². The Morgan fingerprint density at radius 3 is 2.33 bits per heavy atom. The zero-order valence-corrected chi connectivity index (χ0v) is 31.8. The number of carbonyl (C=O) groups is 2. The minimum absolute atomic E-state index is 0. The minimum atomic E-state index is -1.23. The van der Waals surface area contributed by atoms with Crippen molar-refractivity contribution in [2.24, 2.45) is 5.92 Å². The predicted octanol–water partition coefficient (Wildman–Crippen LogP) is 6.67. The molecule has 0 amide bonds. The molecule has 3 atom stereocenters. The van der Waals surface area contributed by atoms with Crippen LogP contribution < -0.4 is 19.2 Å². The molecule has 2 N–H and O–H groups in total. The fraction of sp³-hybridized carbons (Fsp3) is 0.395. The summed E-state index contributed by atoms with van der Waals surface area (Å²) in [6.45, 7) is 5.82. The van der Waals surface area contributed by atoms with E-state index in [4.69, 9.17) is 46.9 Å². The highest BCUT2D eigenvalue weighted by atomic mass is 35.5. The number of benzene rings is 2. The smallest absolute Gasteiger partial charge is 0.351 e. The number of ether oxygens (including phenoxy) is 5. The minimum Gasteiger partial charge on any atom is -0.870 e. The highest BCUT2D eigenvalue weighted by Crippen LogP contribution is 2.38. The Bertz CT molecular complexity index is 1820. The average Bonchev–Trinajstić information content (AvgIpc) is 3.61. The first-order valence-electron chi connectivity index (χ1n) is 16.8. The molecule has 0 spiro atoms. The van der Waals surface area contributed by atoms with Gasteiger partial charge in [0.1, 0.15) is 26.4 Å². The number of hydrogen-bond donors (Lipinski definition) is 0. The van der Waals surface area contributed by atoms with E-state index >= 15 is 0 Å². The third-order valence-electron chi connectivity index (χ3n) is 9.56. The predicted molar refractivity (Wildman–Crippen MR) is 197 cm³/mol. The molecule has 278 valence electrons. The average molecular weight is 773 g/mol. The number of rotatable bonds is 14. The van der Waals surface area contributed by atoms with E-state index in [0.717, 1.165) is 42.9 Å². The van der Waals surface area contributed by atoms with Gasteiger partial charge in [0.2, 0.25) is 0 Å². The van der Waals surface area contributed by atoms with E-state index in [9.17, 15) is 9.59 Å². The first-order chi connectivity index (χ1) is 24.6. The van der Waals surface area contributed by atoms with Crippen LogP contribution in [0, 0.1) is 5.92 Å². The van der Waals surface area contributed by atoms with Crippen LogP contribution in [0.4, 0.5) is 0 Å². The molecule has 1 unspecified atom stereocenters. The third-order valence-corrected chi connectivity index (χ3v) is 11.2. The number of fused-ring (bicyclic) bond motifs is 3. The van der Waals surface area contributed by atoms with Crippen molar-refractivity contribution in [1.82, 2.24) is 9.80 Å². The van der Waals surface area contributed by atoms with Crippen molar-refractivity contribution in [3.05, 3.63) is 104 Å². The van der Waals surface area contributed by atoms with Gasteiger partial charge in [-0.1, -0.05) is 53.5 Å². The SMILES string of the molecule is COc1ccc([C@@H](OC(=O)c2ccc(CN(C)CC(C)(C(=O)O[C@H]3CN4CCC3CC4)c3ccccc3)s2)Oc2c(Cl)c[nH+]cc2Cl)cc1OC.[OH-]. The topological polar surface area (TPSA) is 131 Å². The molecule has 3 fully saturated rings. The molecule has 3 aliphatic rings. The number of piperidine rings is 3. The molecular weight excluding hydrogens is 729 g/mol. The van der Waals surface area contributed by atoms with Crippen LogP contribution in [0.5, 0.6) is 17.2 Å². The van der Waals surface area contributed by atoms with E-state index in [-0.39, 0.29) is 33.3 Å². The van der Waals surface area contributed by atoms with E-state index in [1.54, 1.807) is 24.3 Å². The van der Waals surface area contributed by atoms with Crippen molar-refractivity contribution >= 4 is 46.5 Å². The lowest BCUT2D eigenvalue weighted by molar-refractivity contribution is -0.377. The fourth-order valence-electron chi connectivity index (χ4n) is 6.79. The normalized spacial score (nSPS) is 19.6. The van der Waals surface area contributed by atoms with Gasteiger partial charge in [-0.25, -0.2) is 9.78 Å². The van der Waals surface area contributed by atoms with Crippen molar-refractivity contribution in [2.75, 3.05) is 47.4 Å². The Labute approximate surface area is 317 Å². The summed E-state index contributed by atoms with van der Waals surface area (Å²) in [5.41, 5.74) is 0.474. The maximum absolute atomic E-state index is 14.0. The summed E-state index contributed by atoms with van der Waals surface area (Å²) in [7, 11) is 5.01. The number of H-pyrrole nitrogens is 1. The maximum Gasteiger partial charge on any atom is 0.351 e.